The monoisotopic (exact) mass is 540 g/mol. The highest BCUT2D eigenvalue weighted by atomic mass is 35.5. The Morgan fingerprint density at radius 3 is 1.06 bits per heavy atom. The first-order valence-corrected chi connectivity index (χ1v) is 13.2. The number of nitrogens with zero attached hydrogens (tertiary/aromatic N) is 2. The number of hydrogen-bond donors (Lipinski definition) is 2. The molecule has 3 aliphatic carbocycles. The van der Waals surface area contributed by atoms with Gasteiger partial charge in [0.05, 0.1) is 41.4 Å². The van der Waals surface area contributed by atoms with Gasteiger partial charge in [-0.25, -0.2) is 0 Å². The molecule has 2 N–H and O–H groups in total. The minimum absolute atomic E-state index is 0. The first kappa shape index (κ1) is 34.9. The van der Waals surface area contributed by atoms with Gasteiger partial charge in [0.15, 0.2) is 0 Å². The Labute approximate surface area is 233 Å². The van der Waals surface area contributed by atoms with E-state index in [1.807, 2.05) is 36.4 Å². The van der Waals surface area contributed by atoms with Crippen LogP contribution in [0.3, 0.4) is 0 Å². The van der Waals surface area contributed by atoms with E-state index < -0.39 is 0 Å². The third kappa shape index (κ3) is 14.6. The van der Waals surface area contributed by atoms with Crippen LogP contribution in [-0.4, -0.2) is 73.7 Å². The summed E-state index contributed by atoms with van der Waals surface area (Å²) in [5.74, 6) is 2.31. The quantitative estimate of drug-likeness (QED) is 0.426. The molecular formula is C30H50Cl2N2O2. The fourth-order valence-electron chi connectivity index (χ4n) is 5.14. The van der Waals surface area contributed by atoms with Gasteiger partial charge in [-0.1, -0.05) is 99.2 Å². The number of aliphatic hydroxyl groups is 2. The number of hydrogen-bond acceptors (Lipinski definition) is 2. The molecule has 2 bridgehead atoms. The maximum Gasteiger partial charge on any atom is 0.104 e. The summed E-state index contributed by atoms with van der Waals surface area (Å²) >= 11 is 0. The average molecular weight is 542 g/mol. The average Bonchev–Trinajstić information content (AvgIpc) is 2.82. The molecule has 0 radical (unpaired) electrons. The molecule has 36 heavy (non-hydrogen) atoms. The van der Waals surface area contributed by atoms with Gasteiger partial charge in [-0.2, -0.15) is 0 Å². The second kappa shape index (κ2) is 18.2. The Morgan fingerprint density at radius 2 is 0.833 bits per heavy atom. The SMILES string of the molecule is C1CC2CCC1CC2.C[N+](C)(CCO)Cc1ccccc1.C[N+](C)(CCO)Cc1ccccc1.[Cl-].[Cl-]. The first-order chi connectivity index (χ1) is 16.2. The summed E-state index contributed by atoms with van der Waals surface area (Å²) in [6.07, 6.45) is 9.36. The van der Waals surface area contributed by atoms with Crippen molar-refractivity contribution < 1.29 is 44.0 Å². The Bertz CT molecular complexity index is 702. The molecule has 2 aromatic carbocycles. The molecule has 0 spiro atoms. The largest absolute Gasteiger partial charge is 1.00 e. The summed E-state index contributed by atoms with van der Waals surface area (Å²) in [4.78, 5) is 0. The van der Waals surface area contributed by atoms with Crippen molar-refractivity contribution in [3.05, 3.63) is 71.8 Å². The number of benzene rings is 2. The molecule has 3 saturated carbocycles. The second-order valence-corrected chi connectivity index (χ2v) is 11.5. The fourth-order valence-corrected chi connectivity index (χ4v) is 5.14. The molecule has 5 rings (SSSR count). The Hall–Kier alpha value is -1.14. The van der Waals surface area contributed by atoms with Crippen LogP contribution in [0.15, 0.2) is 60.7 Å². The smallest absolute Gasteiger partial charge is 0.104 e. The van der Waals surface area contributed by atoms with Crippen LogP contribution in [0, 0.1) is 11.8 Å². The van der Waals surface area contributed by atoms with Crippen molar-refractivity contribution in [2.75, 3.05) is 54.5 Å². The predicted octanol–water partition coefficient (Wildman–Crippen LogP) is -0.895. The Morgan fingerprint density at radius 1 is 0.556 bits per heavy atom. The Kier molecular flexibility index (Phi) is 17.6. The number of aliphatic hydroxyl groups excluding tert-OH is 2. The standard InChI is InChI=1S/2C11H18NO.C8H14.2ClH/c2*1-12(2,8-9-13)10-11-6-4-3-5-7-11;1-2-8-5-3-7(1)4-6-8;;/h2*3-7,13H,8-10H2,1-2H3;7-8H,1-6H2;2*1H/q2*+1;;;/p-2. The van der Waals surface area contributed by atoms with E-state index in [4.69, 9.17) is 10.2 Å². The van der Waals surface area contributed by atoms with Crippen LogP contribution in [0.1, 0.15) is 49.7 Å². The number of halogens is 2. The summed E-state index contributed by atoms with van der Waals surface area (Å²) in [7, 11) is 8.51. The van der Waals surface area contributed by atoms with Gasteiger partial charge in [-0.15, -0.1) is 0 Å². The van der Waals surface area contributed by atoms with Gasteiger partial charge >= 0.3 is 0 Å². The fraction of sp³-hybridized carbons (Fsp3) is 0.600. The van der Waals surface area contributed by atoms with Crippen LogP contribution < -0.4 is 24.8 Å². The molecule has 3 fully saturated rings. The van der Waals surface area contributed by atoms with Crippen molar-refractivity contribution in [3.63, 3.8) is 0 Å². The highest BCUT2D eigenvalue weighted by Gasteiger charge is 2.26. The highest BCUT2D eigenvalue weighted by molar-refractivity contribution is 5.14. The lowest BCUT2D eigenvalue weighted by atomic mass is 9.71. The van der Waals surface area contributed by atoms with Crippen molar-refractivity contribution >= 4 is 0 Å². The van der Waals surface area contributed by atoms with E-state index in [-0.39, 0.29) is 38.0 Å². The van der Waals surface area contributed by atoms with Crippen LogP contribution in [0.5, 0.6) is 0 Å². The summed E-state index contributed by atoms with van der Waals surface area (Å²) in [5, 5.41) is 17.7. The van der Waals surface area contributed by atoms with Gasteiger partial charge in [0, 0.05) is 11.1 Å². The number of quaternary nitrogens is 2. The maximum absolute atomic E-state index is 8.86. The van der Waals surface area contributed by atoms with Gasteiger partial charge in [0.1, 0.15) is 26.2 Å². The van der Waals surface area contributed by atoms with Gasteiger partial charge in [0.25, 0.3) is 0 Å². The molecule has 0 atom stereocenters. The zero-order valence-electron chi connectivity index (χ0n) is 23.0. The van der Waals surface area contributed by atoms with E-state index in [0.717, 1.165) is 47.0 Å². The second-order valence-electron chi connectivity index (χ2n) is 11.5. The van der Waals surface area contributed by atoms with Crippen LogP contribution >= 0.6 is 0 Å². The lowest BCUT2D eigenvalue weighted by molar-refractivity contribution is -0.903. The van der Waals surface area contributed by atoms with E-state index in [2.05, 4.69) is 52.5 Å². The lowest BCUT2D eigenvalue weighted by Crippen LogP contribution is -3.00. The minimum Gasteiger partial charge on any atom is -1.00 e. The molecule has 3 aliphatic rings. The summed E-state index contributed by atoms with van der Waals surface area (Å²) < 4.78 is 1.67. The van der Waals surface area contributed by atoms with Gasteiger partial charge in [-0.05, 0) is 11.8 Å². The Balaban J connectivity index is 0.000000508. The molecule has 6 heteroatoms. The van der Waals surface area contributed by atoms with E-state index >= 15 is 0 Å². The lowest BCUT2D eigenvalue weighted by Gasteiger charge is -2.35. The first-order valence-electron chi connectivity index (χ1n) is 13.2. The molecule has 0 unspecified atom stereocenters. The molecule has 2 aromatic rings. The van der Waals surface area contributed by atoms with Crippen molar-refractivity contribution in [2.45, 2.75) is 51.6 Å². The van der Waals surface area contributed by atoms with E-state index in [1.165, 1.54) is 11.1 Å². The molecule has 0 aliphatic heterocycles. The zero-order chi connectivity index (χ0) is 24.9. The molecule has 206 valence electrons. The number of likely N-dealkylation sites (N-methyl/N-ethyl adjacent to an activating group) is 2. The molecule has 4 nitrogen and oxygen atoms in total. The summed E-state index contributed by atoms with van der Waals surface area (Å²) in [6, 6.07) is 20.7. The maximum atomic E-state index is 8.86. The van der Waals surface area contributed by atoms with Crippen LogP contribution in [0.25, 0.3) is 0 Å². The zero-order valence-corrected chi connectivity index (χ0v) is 24.5. The van der Waals surface area contributed by atoms with E-state index in [0.29, 0.717) is 0 Å². The third-order valence-electron chi connectivity index (χ3n) is 7.27. The molecule has 0 aromatic heterocycles. The van der Waals surface area contributed by atoms with Crippen LogP contribution in [-0.2, 0) is 13.1 Å². The topological polar surface area (TPSA) is 40.5 Å². The number of fused-ring (bicyclic) bond motifs is 3. The predicted molar refractivity (Wildman–Crippen MR) is 143 cm³/mol. The molecule has 0 saturated heterocycles. The summed E-state index contributed by atoms with van der Waals surface area (Å²) in [6.45, 7) is 4.05. The molecule has 0 amide bonds. The van der Waals surface area contributed by atoms with E-state index in [1.54, 1.807) is 38.5 Å². The van der Waals surface area contributed by atoms with Crippen molar-refractivity contribution in [1.82, 2.24) is 0 Å². The summed E-state index contributed by atoms with van der Waals surface area (Å²) in [5.41, 5.74) is 2.64. The number of rotatable bonds is 8. The van der Waals surface area contributed by atoms with E-state index in [9.17, 15) is 0 Å². The van der Waals surface area contributed by atoms with Gasteiger partial charge in [-0.3, -0.25) is 0 Å². The van der Waals surface area contributed by atoms with Crippen molar-refractivity contribution in [1.29, 1.82) is 0 Å². The molecule has 0 heterocycles. The van der Waals surface area contributed by atoms with Crippen LogP contribution in [0.4, 0.5) is 0 Å². The van der Waals surface area contributed by atoms with Gasteiger partial charge < -0.3 is 44.0 Å². The van der Waals surface area contributed by atoms with Crippen molar-refractivity contribution in [3.8, 4) is 0 Å². The van der Waals surface area contributed by atoms with Crippen LogP contribution in [0.2, 0.25) is 0 Å². The highest BCUT2D eigenvalue weighted by Crippen LogP contribution is 2.40. The third-order valence-corrected chi connectivity index (χ3v) is 7.27. The van der Waals surface area contributed by atoms with Gasteiger partial charge in [0.2, 0.25) is 0 Å². The normalized spacial score (nSPS) is 18.4. The van der Waals surface area contributed by atoms with Crippen molar-refractivity contribution in [2.24, 2.45) is 11.8 Å². The molecular weight excluding hydrogens is 491 g/mol. The minimum atomic E-state index is 0.